The highest BCUT2D eigenvalue weighted by atomic mass is 19.4. The van der Waals surface area contributed by atoms with Crippen molar-refractivity contribution in [2.24, 2.45) is 0 Å². The number of amides is 2. The molecule has 1 aromatic heterocycles. The number of urea groups is 1. The third kappa shape index (κ3) is 5.83. The van der Waals surface area contributed by atoms with Crippen LogP contribution in [-0.2, 0) is 17.5 Å². The summed E-state index contributed by atoms with van der Waals surface area (Å²) in [6.07, 6.45) is -2.44. The molecule has 6 nitrogen and oxygen atoms in total. The first-order chi connectivity index (χ1) is 13.7. The van der Waals surface area contributed by atoms with Gasteiger partial charge in [0.2, 0.25) is 0 Å². The highest BCUT2D eigenvalue weighted by molar-refractivity contribution is 5.89. The van der Waals surface area contributed by atoms with Gasteiger partial charge in [0.25, 0.3) is 0 Å². The van der Waals surface area contributed by atoms with E-state index in [1.165, 1.54) is 12.1 Å². The Kier molecular flexibility index (Phi) is 6.26. The number of nitrogens with zero attached hydrogens (tertiary/aromatic N) is 2. The normalized spacial score (nSPS) is 19.7. The molecule has 2 heterocycles. The molecular formula is C20H23F3N4O2. The number of rotatable bonds is 4. The molecule has 2 unspecified atom stereocenters. The van der Waals surface area contributed by atoms with Gasteiger partial charge in [-0.15, -0.1) is 0 Å². The molecule has 0 aliphatic carbocycles. The van der Waals surface area contributed by atoms with Gasteiger partial charge in [-0.3, -0.25) is 0 Å². The van der Waals surface area contributed by atoms with Crippen LogP contribution in [0.3, 0.4) is 0 Å². The Balaban J connectivity index is 1.50. The molecule has 1 aliphatic heterocycles. The smallest absolute Gasteiger partial charge is 0.372 e. The van der Waals surface area contributed by atoms with E-state index < -0.39 is 17.8 Å². The fourth-order valence-corrected chi connectivity index (χ4v) is 3.17. The number of nitrogens with one attached hydrogen (secondary N) is 2. The number of morpholine rings is 1. The van der Waals surface area contributed by atoms with Crippen molar-refractivity contribution >= 4 is 17.5 Å². The van der Waals surface area contributed by atoms with Gasteiger partial charge in [-0.1, -0.05) is 6.07 Å². The Morgan fingerprint density at radius 1 is 1.14 bits per heavy atom. The number of aromatic nitrogens is 1. The van der Waals surface area contributed by atoms with Gasteiger partial charge in [0.15, 0.2) is 0 Å². The van der Waals surface area contributed by atoms with E-state index in [2.05, 4.69) is 20.5 Å². The molecule has 2 amide bonds. The highest BCUT2D eigenvalue weighted by Crippen LogP contribution is 2.29. The number of anilines is 2. The minimum absolute atomic E-state index is 0.135. The second kappa shape index (κ2) is 8.69. The van der Waals surface area contributed by atoms with E-state index >= 15 is 0 Å². The zero-order chi connectivity index (χ0) is 21.0. The van der Waals surface area contributed by atoms with E-state index in [0.717, 1.165) is 36.6 Å². The van der Waals surface area contributed by atoms with E-state index in [9.17, 15) is 18.0 Å². The van der Waals surface area contributed by atoms with E-state index in [1.54, 1.807) is 6.20 Å². The van der Waals surface area contributed by atoms with Crippen molar-refractivity contribution in [2.45, 2.75) is 38.8 Å². The fourth-order valence-electron chi connectivity index (χ4n) is 3.17. The third-order valence-electron chi connectivity index (χ3n) is 4.48. The van der Waals surface area contributed by atoms with Crippen LogP contribution in [0.1, 0.15) is 25.0 Å². The first-order valence-corrected chi connectivity index (χ1v) is 9.28. The molecule has 1 fully saturated rings. The molecule has 29 heavy (non-hydrogen) atoms. The number of alkyl halides is 3. The summed E-state index contributed by atoms with van der Waals surface area (Å²) in [7, 11) is 0. The summed E-state index contributed by atoms with van der Waals surface area (Å²) in [6.45, 7) is 5.83. The molecule has 1 saturated heterocycles. The topological polar surface area (TPSA) is 66.5 Å². The van der Waals surface area contributed by atoms with Crippen LogP contribution in [0.25, 0.3) is 0 Å². The molecule has 0 saturated carbocycles. The van der Waals surface area contributed by atoms with E-state index in [-0.39, 0.29) is 24.4 Å². The minimum Gasteiger partial charge on any atom is -0.372 e. The molecule has 1 aliphatic rings. The molecule has 9 heteroatoms. The van der Waals surface area contributed by atoms with Crippen LogP contribution in [0.2, 0.25) is 0 Å². The lowest BCUT2D eigenvalue weighted by Gasteiger charge is -2.36. The van der Waals surface area contributed by atoms with Gasteiger partial charge in [-0.05, 0) is 49.7 Å². The summed E-state index contributed by atoms with van der Waals surface area (Å²) in [4.78, 5) is 18.6. The number of pyridine rings is 1. The van der Waals surface area contributed by atoms with Crippen molar-refractivity contribution in [3.8, 4) is 0 Å². The quantitative estimate of drug-likeness (QED) is 0.802. The van der Waals surface area contributed by atoms with Crippen molar-refractivity contribution in [3.63, 3.8) is 0 Å². The van der Waals surface area contributed by atoms with Crippen molar-refractivity contribution in [1.82, 2.24) is 10.3 Å². The number of carbonyl (C=O) groups excluding carboxylic acids is 1. The van der Waals surface area contributed by atoms with Crippen LogP contribution in [0, 0.1) is 0 Å². The van der Waals surface area contributed by atoms with Gasteiger partial charge in [-0.25, -0.2) is 9.78 Å². The first kappa shape index (κ1) is 20.9. The van der Waals surface area contributed by atoms with Crippen molar-refractivity contribution in [3.05, 3.63) is 53.7 Å². The number of ether oxygens (including phenoxy) is 1. The maximum Gasteiger partial charge on any atom is 0.416 e. The Labute approximate surface area is 167 Å². The average molecular weight is 408 g/mol. The second-order valence-corrected chi connectivity index (χ2v) is 7.07. The summed E-state index contributed by atoms with van der Waals surface area (Å²) in [5.41, 5.74) is 0.323. The van der Waals surface area contributed by atoms with Crippen molar-refractivity contribution in [2.75, 3.05) is 23.3 Å². The van der Waals surface area contributed by atoms with Gasteiger partial charge in [-0.2, -0.15) is 13.2 Å². The summed E-state index contributed by atoms with van der Waals surface area (Å²) >= 11 is 0. The molecule has 156 valence electrons. The lowest BCUT2D eigenvalue weighted by molar-refractivity contribution is -0.137. The average Bonchev–Trinajstić information content (AvgIpc) is 2.66. The highest BCUT2D eigenvalue weighted by Gasteiger charge is 2.30. The van der Waals surface area contributed by atoms with Gasteiger partial charge >= 0.3 is 12.2 Å². The molecule has 0 bridgehead atoms. The van der Waals surface area contributed by atoms with Gasteiger partial charge in [0.05, 0.1) is 17.8 Å². The SMILES string of the molecule is CC1CN(c2ccc(CNC(=O)Nc3ccc(C(F)(F)F)cc3)cn2)CC(C)O1. The molecule has 0 spiro atoms. The maximum absolute atomic E-state index is 12.6. The molecule has 2 aromatic rings. The number of hydrogen-bond acceptors (Lipinski definition) is 4. The summed E-state index contributed by atoms with van der Waals surface area (Å²) in [6, 6.07) is 7.54. The summed E-state index contributed by atoms with van der Waals surface area (Å²) < 4.78 is 43.4. The van der Waals surface area contributed by atoms with Crippen molar-refractivity contribution in [1.29, 1.82) is 0 Å². The van der Waals surface area contributed by atoms with E-state index in [0.29, 0.717) is 0 Å². The first-order valence-electron chi connectivity index (χ1n) is 9.28. The van der Waals surface area contributed by atoms with Crippen LogP contribution >= 0.6 is 0 Å². The molecular weight excluding hydrogens is 385 g/mol. The molecule has 0 radical (unpaired) electrons. The second-order valence-electron chi connectivity index (χ2n) is 7.07. The van der Waals surface area contributed by atoms with Crippen LogP contribution < -0.4 is 15.5 Å². The molecule has 2 atom stereocenters. The van der Waals surface area contributed by atoms with Crippen LogP contribution in [0.15, 0.2) is 42.6 Å². The molecule has 2 N–H and O–H groups in total. The number of carbonyl (C=O) groups is 1. The standard InChI is InChI=1S/C20H23F3N4O2/c1-13-11-27(12-14(2)29-13)18-8-3-15(9-24-18)10-25-19(28)26-17-6-4-16(5-7-17)20(21,22)23/h3-9,13-14H,10-12H2,1-2H3,(H2,25,26,28). The molecule has 1 aromatic carbocycles. The lowest BCUT2D eigenvalue weighted by atomic mass is 10.2. The monoisotopic (exact) mass is 408 g/mol. The number of benzene rings is 1. The van der Waals surface area contributed by atoms with Crippen LogP contribution in [0.5, 0.6) is 0 Å². The fraction of sp³-hybridized carbons (Fsp3) is 0.400. The zero-order valence-electron chi connectivity index (χ0n) is 16.2. The van der Waals surface area contributed by atoms with E-state index in [1.807, 2.05) is 26.0 Å². The Bertz CT molecular complexity index is 815. The predicted molar refractivity (Wildman–Crippen MR) is 104 cm³/mol. The zero-order valence-corrected chi connectivity index (χ0v) is 16.2. The third-order valence-corrected chi connectivity index (χ3v) is 4.48. The summed E-state index contributed by atoms with van der Waals surface area (Å²) in [5.74, 6) is 0.852. The lowest BCUT2D eigenvalue weighted by Crippen LogP contribution is -2.45. The predicted octanol–water partition coefficient (Wildman–Crippen LogP) is 4.04. The largest absolute Gasteiger partial charge is 0.416 e. The van der Waals surface area contributed by atoms with Crippen molar-refractivity contribution < 1.29 is 22.7 Å². The van der Waals surface area contributed by atoms with Gasteiger partial charge in [0.1, 0.15) is 5.82 Å². The maximum atomic E-state index is 12.6. The Hall–Kier alpha value is -2.81. The Morgan fingerprint density at radius 3 is 2.34 bits per heavy atom. The minimum atomic E-state index is -4.41. The number of halogens is 3. The molecule has 3 rings (SSSR count). The van der Waals surface area contributed by atoms with Gasteiger partial charge < -0.3 is 20.3 Å². The summed E-state index contributed by atoms with van der Waals surface area (Å²) in [5, 5.41) is 5.16. The van der Waals surface area contributed by atoms with Crippen LogP contribution in [-0.4, -0.2) is 36.3 Å². The Morgan fingerprint density at radius 2 is 1.79 bits per heavy atom. The van der Waals surface area contributed by atoms with Crippen LogP contribution in [0.4, 0.5) is 29.5 Å². The van der Waals surface area contributed by atoms with E-state index in [4.69, 9.17) is 4.74 Å². The van der Waals surface area contributed by atoms with Gasteiger partial charge in [0, 0.05) is 31.5 Å². The number of hydrogen-bond donors (Lipinski definition) is 2.